The third-order valence-electron chi connectivity index (χ3n) is 2.41. The van der Waals surface area contributed by atoms with Gasteiger partial charge in [0.05, 0.1) is 18.8 Å². The van der Waals surface area contributed by atoms with Gasteiger partial charge in [-0.25, -0.2) is 0 Å². The zero-order chi connectivity index (χ0) is 9.42. The van der Waals surface area contributed by atoms with E-state index in [1.165, 1.54) is 0 Å². The Morgan fingerprint density at radius 3 is 2.86 bits per heavy atom. The van der Waals surface area contributed by atoms with Crippen LogP contribution in [0.4, 0.5) is 0 Å². The third kappa shape index (κ3) is 2.04. The van der Waals surface area contributed by atoms with Crippen LogP contribution in [-0.2, 0) is 4.74 Å². The molecule has 14 heavy (non-hydrogen) atoms. The van der Waals surface area contributed by atoms with Crippen molar-refractivity contribution in [2.24, 2.45) is 5.73 Å². The molecular formula is C10H13Cl2NO. The average Bonchev–Trinajstić information content (AvgIpc) is 2.12. The number of hydrogen-bond acceptors (Lipinski definition) is 2. The van der Waals surface area contributed by atoms with E-state index in [1.807, 2.05) is 25.1 Å². The Balaban J connectivity index is 0.000000980. The standard InChI is InChI=1S/C10H12ClNO.ClH/c1-6-8-3-2-7(11)4-9(8)10(12)5-13-6;/h2-4,6,10H,5,12H2,1H3;1H/t6-,10+;/m0./s1. The molecule has 2 nitrogen and oxygen atoms in total. The van der Waals surface area contributed by atoms with Crippen LogP contribution in [0.1, 0.15) is 30.2 Å². The Labute approximate surface area is 94.8 Å². The molecule has 0 amide bonds. The quantitative estimate of drug-likeness (QED) is 0.749. The van der Waals surface area contributed by atoms with Crippen molar-refractivity contribution in [2.75, 3.05) is 6.61 Å². The van der Waals surface area contributed by atoms with Gasteiger partial charge in [-0.15, -0.1) is 12.4 Å². The van der Waals surface area contributed by atoms with Gasteiger partial charge in [0.2, 0.25) is 0 Å². The van der Waals surface area contributed by atoms with Gasteiger partial charge < -0.3 is 10.5 Å². The summed E-state index contributed by atoms with van der Waals surface area (Å²) in [4.78, 5) is 0. The molecule has 78 valence electrons. The van der Waals surface area contributed by atoms with E-state index < -0.39 is 0 Å². The maximum Gasteiger partial charge on any atom is 0.0801 e. The molecule has 1 aliphatic heterocycles. The first-order valence-corrected chi connectivity index (χ1v) is 4.73. The van der Waals surface area contributed by atoms with Crippen molar-refractivity contribution in [1.82, 2.24) is 0 Å². The molecule has 2 N–H and O–H groups in total. The van der Waals surface area contributed by atoms with Gasteiger partial charge in [0.15, 0.2) is 0 Å². The van der Waals surface area contributed by atoms with Gasteiger partial charge in [0.25, 0.3) is 0 Å². The summed E-state index contributed by atoms with van der Waals surface area (Å²) in [5.41, 5.74) is 8.17. The van der Waals surface area contributed by atoms with Crippen LogP contribution in [0.2, 0.25) is 5.02 Å². The number of halogens is 2. The summed E-state index contributed by atoms with van der Waals surface area (Å²) in [6.45, 7) is 2.60. The summed E-state index contributed by atoms with van der Waals surface area (Å²) in [5.74, 6) is 0. The maximum absolute atomic E-state index is 5.89. The van der Waals surface area contributed by atoms with Crippen molar-refractivity contribution < 1.29 is 4.74 Å². The van der Waals surface area contributed by atoms with Crippen LogP contribution in [0, 0.1) is 0 Å². The monoisotopic (exact) mass is 233 g/mol. The Hall–Kier alpha value is -0.280. The van der Waals surface area contributed by atoms with E-state index in [0.29, 0.717) is 6.61 Å². The highest BCUT2D eigenvalue weighted by atomic mass is 35.5. The lowest BCUT2D eigenvalue weighted by Gasteiger charge is -2.27. The average molecular weight is 234 g/mol. The van der Waals surface area contributed by atoms with Gasteiger partial charge in [-0.05, 0) is 30.2 Å². The number of ether oxygens (including phenoxy) is 1. The molecule has 1 aromatic carbocycles. The Bertz CT molecular complexity index is 330. The topological polar surface area (TPSA) is 35.2 Å². The summed E-state index contributed by atoms with van der Waals surface area (Å²) in [6.07, 6.45) is 0.132. The van der Waals surface area contributed by atoms with Crippen molar-refractivity contribution in [3.05, 3.63) is 34.3 Å². The van der Waals surface area contributed by atoms with E-state index in [0.717, 1.165) is 16.1 Å². The van der Waals surface area contributed by atoms with E-state index in [9.17, 15) is 0 Å². The fraction of sp³-hybridized carbons (Fsp3) is 0.400. The third-order valence-corrected chi connectivity index (χ3v) is 2.65. The van der Waals surface area contributed by atoms with Crippen LogP contribution in [0.3, 0.4) is 0 Å². The highest BCUT2D eigenvalue weighted by Gasteiger charge is 2.22. The molecule has 1 aromatic rings. The van der Waals surface area contributed by atoms with Crippen LogP contribution < -0.4 is 5.73 Å². The predicted octanol–water partition coefficient (Wildman–Crippen LogP) is 2.85. The minimum atomic E-state index is -0.0371. The highest BCUT2D eigenvalue weighted by molar-refractivity contribution is 6.30. The second kappa shape index (κ2) is 4.49. The molecule has 0 fully saturated rings. The first kappa shape index (κ1) is 11.8. The Morgan fingerprint density at radius 2 is 2.14 bits per heavy atom. The molecule has 0 unspecified atom stereocenters. The van der Waals surface area contributed by atoms with E-state index in [-0.39, 0.29) is 24.6 Å². The lowest BCUT2D eigenvalue weighted by molar-refractivity contribution is 0.0408. The summed E-state index contributed by atoms with van der Waals surface area (Å²) in [5, 5.41) is 0.739. The van der Waals surface area contributed by atoms with Gasteiger partial charge in [0.1, 0.15) is 0 Å². The molecule has 0 saturated heterocycles. The van der Waals surface area contributed by atoms with Crippen LogP contribution in [-0.4, -0.2) is 6.61 Å². The molecule has 0 saturated carbocycles. The van der Waals surface area contributed by atoms with E-state index in [4.69, 9.17) is 22.1 Å². The van der Waals surface area contributed by atoms with Crippen molar-refractivity contribution in [1.29, 1.82) is 0 Å². The maximum atomic E-state index is 5.89. The van der Waals surface area contributed by atoms with Gasteiger partial charge in [-0.2, -0.15) is 0 Å². The molecule has 1 heterocycles. The molecule has 2 atom stereocenters. The summed E-state index contributed by atoms with van der Waals surface area (Å²) >= 11 is 5.89. The van der Waals surface area contributed by atoms with Crippen molar-refractivity contribution in [3.63, 3.8) is 0 Å². The SMILES string of the molecule is C[C@@H]1OC[C@@H](N)c2cc(Cl)ccc21.Cl. The second-order valence-electron chi connectivity index (χ2n) is 3.36. The molecular weight excluding hydrogens is 221 g/mol. The van der Waals surface area contributed by atoms with Crippen LogP contribution >= 0.6 is 24.0 Å². The molecule has 0 spiro atoms. The first-order chi connectivity index (χ1) is 6.18. The number of hydrogen-bond donors (Lipinski definition) is 1. The Morgan fingerprint density at radius 1 is 1.43 bits per heavy atom. The highest BCUT2D eigenvalue weighted by Crippen LogP contribution is 2.32. The lowest BCUT2D eigenvalue weighted by Crippen LogP contribution is -2.25. The number of fused-ring (bicyclic) bond motifs is 1. The minimum Gasteiger partial charge on any atom is -0.372 e. The fourth-order valence-electron chi connectivity index (χ4n) is 1.66. The van der Waals surface area contributed by atoms with E-state index in [1.54, 1.807) is 0 Å². The lowest BCUT2D eigenvalue weighted by atomic mass is 9.95. The van der Waals surface area contributed by atoms with Crippen LogP contribution in [0.5, 0.6) is 0 Å². The van der Waals surface area contributed by atoms with Gasteiger partial charge >= 0.3 is 0 Å². The zero-order valence-electron chi connectivity index (χ0n) is 7.87. The van der Waals surface area contributed by atoms with Gasteiger partial charge in [-0.1, -0.05) is 17.7 Å². The molecule has 0 aliphatic carbocycles. The number of benzene rings is 1. The van der Waals surface area contributed by atoms with E-state index in [2.05, 4.69) is 0 Å². The molecule has 0 bridgehead atoms. The smallest absolute Gasteiger partial charge is 0.0801 e. The summed E-state index contributed by atoms with van der Waals surface area (Å²) in [6, 6.07) is 5.75. The van der Waals surface area contributed by atoms with Gasteiger partial charge in [-0.3, -0.25) is 0 Å². The predicted molar refractivity (Wildman–Crippen MR) is 60.0 cm³/mol. The molecule has 2 rings (SSSR count). The number of rotatable bonds is 0. The normalized spacial score (nSPS) is 25.1. The fourth-order valence-corrected chi connectivity index (χ4v) is 1.85. The molecule has 0 radical (unpaired) electrons. The van der Waals surface area contributed by atoms with Crippen molar-refractivity contribution in [3.8, 4) is 0 Å². The summed E-state index contributed by atoms with van der Waals surface area (Å²) in [7, 11) is 0. The van der Waals surface area contributed by atoms with Crippen LogP contribution in [0.25, 0.3) is 0 Å². The van der Waals surface area contributed by atoms with Crippen molar-refractivity contribution >= 4 is 24.0 Å². The summed E-state index contributed by atoms with van der Waals surface area (Å²) < 4.78 is 5.49. The number of nitrogens with two attached hydrogens (primary N) is 1. The Kier molecular flexibility index (Phi) is 3.78. The first-order valence-electron chi connectivity index (χ1n) is 4.35. The van der Waals surface area contributed by atoms with E-state index >= 15 is 0 Å². The largest absolute Gasteiger partial charge is 0.372 e. The molecule has 1 aliphatic rings. The zero-order valence-corrected chi connectivity index (χ0v) is 9.44. The van der Waals surface area contributed by atoms with Crippen LogP contribution in [0.15, 0.2) is 18.2 Å². The minimum absolute atomic E-state index is 0. The molecule has 4 heteroatoms. The van der Waals surface area contributed by atoms with Crippen molar-refractivity contribution in [2.45, 2.75) is 19.1 Å². The molecule has 0 aromatic heterocycles. The second-order valence-corrected chi connectivity index (χ2v) is 3.79. The van der Waals surface area contributed by atoms with Gasteiger partial charge in [0, 0.05) is 5.02 Å².